The third-order valence-corrected chi connectivity index (χ3v) is 6.18. The van der Waals surface area contributed by atoms with Gasteiger partial charge in [0.15, 0.2) is 68.3 Å². The standard InChI is InChI=1S/3C8H10O5.C4H10O.Zr/c3*1-4(9)8(5(2)10,6(3)11)7(12)13;1-2-3-4-5;/h3*1-3H3,(H,12,13);5H,2-4H2,1H3;/q;;;;+3/p-3. The molecule has 0 aliphatic carbocycles. The van der Waals surface area contributed by atoms with Gasteiger partial charge in [-0.1, -0.05) is 13.3 Å². The topological polar surface area (TPSA) is 294 Å². The van der Waals surface area contributed by atoms with Crippen LogP contribution in [0.3, 0.4) is 0 Å². The molecule has 0 rings (SSSR count). The Balaban J connectivity index is -0.000000163. The van der Waals surface area contributed by atoms with E-state index < -0.39 is 86.2 Å². The molecule has 0 aromatic rings. The fourth-order valence-electron chi connectivity index (χ4n) is 3.68. The van der Waals surface area contributed by atoms with E-state index in [9.17, 15) is 72.9 Å². The summed E-state index contributed by atoms with van der Waals surface area (Å²) >= 11 is 0. The van der Waals surface area contributed by atoms with E-state index in [1.807, 2.05) is 0 Å². The maximum atomic E-state index is 10.9. The van der Waals surface area contributed by atoms with Crippen molar-refractivity contribution in [2.45, 2.75) is 82.1 Å². The normalized spacial score (nSPS) is 10.2. The van der Waals surface area contributed by atoms with Gasteiger partial charge >= 0.3 is 26.2 Å². The molecule has 0 saturated heterocycles. The number of aliphatic carboxylic acids is 3. The number of unbranched alkanes of at least 4 members (excludes halogenated alkanes) is 1. The second kappa shape index (κ2) is 21.9. The molecule has 45 heavy (non-hydrogen) atoms. The Morgan fingerprint density at radius 2 is 0.556 bits per heavy atom. The third kappa shape index (κ3) is 12.0. The molecule has 0 amide bonds. The zero-order chi connectivity index (χ0) is 36.5. The summed E-state index contributed by atoms with van der Waals surface area (Å²) in [6.07, 6.45) is 2.04. The van der Waals surface area contributed by atoms with Gasteiger partial charge in [-0.3, -0.25) is 43.2 Å². The van der Waals surface area contributed by atoms with Crippen LogP contribution in [0.4, 0.5) is 0 Å². The van der Waals surface area contributed by atoms with Crippen molar-refractivity contribution in [1.29, 1.82) is 0 Å². The summed E-state index contributed by atoms with van der Waals surface area (Å²) in [5.74, 6) is -15.1. The molecule has 0 aliphatic heterocycles. The first-order valence-corrected chi connectivity index (χ1v) is 12.6. The zero-order valence-corrected chi connectivity index (χ0v) is 29.2. The van der Waals surface area contributed by atoms with Gasteiger partial charge < -0.3 is 34.8 Å². The van der Waals surface area contributed by atoms with E-state index >= 15 is 0 Å². The molecule has 0 fully saturated rings. The van der Waals surface area contributed by atoms with Gasteiger partial charge in [-0.15, -0.1) is 0 Å². The number of carbonyl (C=O) groups is 12. The molecule has 16 nitrogen and oxygen atoms in total. The minimum absolute atomic E-state index is 0. The summed E-state index contributed by atoms with van der Waals surface area (Å²) < 4.78 is 0. The van der Waals surface area contributed by atoms with Crippen LogP contribution in [-0.2, 0) is 83.7 Å². The van der Waals surface area contributed by atoms with E-state index in [2.05, 4.69) is 6.92 Å². The van der Waals surface area contributed by atoms with Crippen LogP contribution in [0.15, 0.2) is 0 Å². The van der Waals surface area contributed by atoms with Crippen molar-refractivity contribution >= 4 is 70.0 Å². The van der Waals surface area contributed by atoms with Crippen molar-refractivity contribution in [3.05, 3.63) is 0 Å². The van der Waals surface area contributed by atoms with Crippen LogP contribution in [0.25, 0.3) is 0 Å². The van der Waals surface area contributed by atoms with Gasteiger partial charge in [0.2, 0.25) is 0 Å². The first-order chi connectivity index (χ1) is 19.7. The molecule has 1 radical (unpaired) electrons. The SMILES string of the molecule is CC(=O)C(C(C)=O)(C(C)=O)C(=O)[O-].CC(=O)C(C(C)=O)(C(C)=O)C(=O)[O-].CC(=O)C(C(C)=O)(C(C)=O)C(=O)[O-].CCCCO.[Zr+3]. The van der Waals surface area contributed by atoms with Crippen LogP contribution in [0.2, 0.25) is 0 Å². The van der Waals surface area contributed by atoms with Crippen molar-refractivity contribution in [1.82, 2.24) is 0 Å². The Hall–Kier alpha value is -3.72. The summed E-state index contributed by atoms with van der Waals surface area (Å²) in [7, 11) is 0. The second-order valence-electron chi connectivity index (χ2n) is 9.20. The van der Waals surface area contributed by atoms with Gasteiger partial charge in [0.25, 0.3) is 0 Å². The first-order valence-electron chi connectivity index (χ1n) is 12.6. The minimum atomic E-state index is -2.61. The average Bonchev–Trinajstić information content (AvgIpc) is 2.78. The summed E-state index contributed by atoms with van der Waals surface area (Å²) in [6.45, 7) is 10.3. The monoisotopic (exact) mass is 719 g/mol. The Bertz CT molecular complexity index is 882. The van der Waals surface area contributed by atoms with Gasteiger partial charge in [-0.25, -0.2) is 0 Å². The van der Waals surface area contributed by atoms with Crippen molar-refractivity contribution in [2.75, 3.05) is 6.61 Å². The molecule has 17 heteroatoms. The van der Waals surface area contributed by atoms with Crippen molar-refractivity contribution < 1.29 is 104 Å². The second-order valence-corrected chi connectivity index (χ2v) is 9.20. The Morgan fingerprint density at radius 1 is 0.422 bits per heavy atom. The van der Waals surface area contributed by atoms with E-state index in [0.29, 0.717) is 6.61 Å². The quantitative estimate of drug-likeness (QED) is 0.169. The van der Waals surface area contributed by atoms with E-state index in [-0.39, 0.29) is 26.2 Å². The molecular formula is C28H37O16Zr. The molecule has 0 spiro atoms. The van der Waals surface area contributed by atoms with Crippen LogP contribution >= 0.6 is 0 Å². The molecule has 0 atom stereocenters. The number of aliphatic hydroxyl groups is 1. The van der Waals surface area contributed by atoms with E-state index in [1.165, 1.54) is 0 Å². The van der Waals surface area contributed by atoms with Gasteiger partial charge in [-0.05, 0) is 68.7 Å². The molecule has 249 valence electrons. The predicted octanol–water partition coefficient (Wildman–Crippen LogP) is -3.75. The summed E-state index contributed by atoms with van der Waals surface area (Å²) in [6, 6.07) is 0. The van der Waals surface area contributed by atoms with E-state index in [1.54, 1.807) is 0 Å². The van der Waals surface area contributed by atoms with Crippen molar-refractivity contribution in [2.24, 2.45) is 16.2 Å². The number of carboxylic acids is 3. The number of rotatable bonds is 14. The number of carbonyl (C=O) groups excluding carboxylic acids is 12. The van der Waals surface area contributed by atoms with Crippen molar-refractivity contribution in [3.8, 4) is 0 Å². The Morgan fingerprint density at radius 3 is 0.556 bits per heavy atom. The smallest absolute Gasteiger partial charge is 0.548 e. The molecule has 0 unspecified atom stereocenters. The number of aliphatic hydroxyl groups excluding tert-OH is 1. The Kier molecular flexibility index (Phi) is 24.8. The fourth-order valence-corrected chi connectivity index (χ4v) is 3.68. The van der Waals surface area contributed by atoms with Gasteiger partial charge in [0, 0.05) is 6.61 Å². The maximum absolute atomic E-state index is 10.9. The number of ketones is 9. The van der Waals surface area contributed by atoms with Crippen LogP contribution in [-0.4, -0.2) is 81.7 Å². The van der Waals surface area contributed by atoms with Crippen molar-refractivity contribution in [3.63, 3.8) is 0 Å². The fraction of sp³-hybridized carbons (Fsp3) is 0.571. The largest absolute Gasteiger partial charge is 3.00 e. The molecule has 0 saturated carbocycles. The molecule has 0 aromatic carbocycles. The zero-order valence-electron chi connectivity index (χ0n) is 26.7. The minimum Gasteiger partial charge on any atom is -0.548 e. The molecule has 0 heterocycles. The number of Topliss-reactive ketones (excluding diaryl/α,β-unsaturated/α-hetero) is 9. The number of carboxylic acid groups (broad SMARTS) is 3. The third-order valence-electron chi connectivity index (χ3n) is 6.18. The summed E-state index contributed by atoms with van der Waals surface area (Å²) in [5, 5.41) is 39.8. The maximum Gasteiger partial charge on any atom is 3.00 e. The average molecular weight is 721 g/mol. The van der Waals surface area contributed by atoms with Crippen LogP contribution in [0.1, 0.15) is 82.1 Å². The molecule has 1 N–H and O–H groups in total. The number of hydrogen-bond donors (Lipinski definition) is 1. The van der Waals surface area contributed by atoms with Gasteiger partial charge in [0.05, 0.1) is 17.9 Å². The molecule has 0 bridgehead atoms. The molecular weight excluding hydrogens is 684 g/mol. The van der Waals surface area contributed by atoms with E-state index in [0.717, 1.165) is 75.2 Å². The van der Waals surface area contributed by atoms with E-state index in [4.69, 9.17) is 5.11 Å². The van der Waals surface area contributed by atoms with Crippen LogP contribution in [0.5, 0.6) is 0 Å². The summed E-state index contributed by atoms with van der Waals surface area (Å²) in [4.78, 5) is 130. The predicted molar refractivity (Wildman–Crippen MR) is 140 cm³/mol. The van der Waals surface area contributed by atoms with Gasteiger partial charge in [0.1, 0.15) is 0 Å². The van der Waals surface area contributed by atoms with Gasteiger partial charge in [-0.2, -0.15) is 0 Å². The first kappa shape index (κ1) is 50.9. The van der Waals surface area contributed by atoms with Crippen LogP contribution in [0, 0.1) is 16.2 Å². The van der Waals surface area contributed by atoms with Crippen LogP contribution < -0.4 is 15.3 Å². The number of hydrogen-bond acceptors (Lipinski definition) is 16. The summed E-state index contributed by atoms with van der Waals surface area (Å²) in [5.41, 5.74) is -7.83. The molecule has 0 aromatic heterocycles. The Labute approximate surface area is 278 Å². The molecule has 0 aliphatic rings.